The van der Waals surface area contributed by atoms with E-state index in [0.717, 1.165) is 0 Å². The van der Waals surface area contributed by atoms with E-state index in [1.54, 1.807) is 0 Å². The maximum atomic E-state index is 11.3. The highest BCUT2D eigenvalue weighted by Crippen LogP contribution is 2.13. The second-order valence-electron chi connectivity index (χ2n) is 3.91. The van der Waals surface area contributed by atoms with Gasteiger partial charge in [-0.3, -0.25) is 15.1 Å². The lowest BCUT2D eigenvalue weighted by Crippen LogP contribution is -2.47. The van der Waals surface area contributed by atoms with E-state index in [2.05, 4.69) is 11.5 Å². The smallest absolute Gasteiger partial charge is 0.238 e. The molecule has 5 heteroatoms. The summed E-state index contributed by atoms with van der Waals surface area (Å²) in [4.78, 5) is 13.3. The number of nitriles is 1. The molecule has 86 valence electrons. The van der Waals surface area contributed by atoms with E-state index in [1.165, 1.54) is 0 Å². The van der Waals surface area contributed by atoms with Gasteiger partial charge in [0.15, 0.2) is 0 Å². The van der Waals surface area contributed by atoms with E-state index in [1.807, 2.05) is 32.7 Å². The fourth-order valence-electron chi connectivity index (χ4n) is 1.38. The van der Waals surface area contributed by atoms with Crippen LogP contribution in [0.25, 0.3) is 0 Å². The van der Waals surface area contributed by atoms with Gasteiger partial charge < -0.3 is 0 Å². The molecule has 0 radical (unpaired) electrons. The minimum absolute atomic E-state index is 0.0527. The normalized spacial score (nSPS) is 16.6. The molecule has 3 unspecified atom stereocenters. The molecule has 0 fully saturated rings. The Bertz CT molecular complexity index is 248. The van der Waals surface area contributed by atoms with Crippen LogP contribution in [0.1, 0.15) is 27.2 Å². The van der Waals surface area contributed by atoms with Crippen LogP contribution in [0.5, 0.6) is 0 Å². The van der Waals surface area contributed by atoms with E-state index >= 15 is 0 Å². The van der Waals surface area contributed by atoms with Gasteiger partial charge in [0, 0.05) is 12.1 Å². The summed E-state index contributed by atoms with van der Waals surface area (Å²) in [6.45, 7) is 5.74. The van der Waals surface area contributed by atoms with Gasteiger partial charge in [-0.25, -0.2) is 5.84 Å². The fourth-order valence-corrected chi connectivity index (χ4v) is 1.38. The Morgan fingerprint density at radius 2 is 2.07 bits per heavy atom. The van der Waals surface area contributed by atoms with E-state index in [-0.39, 0.29) is 23.9 Å². The average molecular weight is 212 g/mol. The molecule has 0 aromatic heterocycles. The van der Waals surface area contributed by atoms with Crippen LogP contribution in [-0.4, -0.2) is 29.9 Å². The number of nitrogens with one attached hydrogen (secondary N) is 1. The summed E-state index contributed by atoms with van der Waals surface area (Å²) in [5.41, 5.74) is 2.14. The third-order valence-electron chi connectivity index (χ3n) is 3.00. The van der Waals surface area contributed by atoms with Gasteiger partial charge in [0.1, 0.15) is 0 Å². The van der Waals surface area contributed by atoms with Gasteiger partial charge in [0.05, 0.1) is 18.4 Å². The first kappa shape index (κ1) is 13.9. The van der Waals surface area contributed by atoms with Crippen molar-refractivity contribution in [2.75, 3.05) is 7.05 Å². The highest BCUT2D eigenvalue weighted by Gasteiger charge is 2.25. The Morgan fingerprint density at radius 3 is 2.47 bits per heavy atom. The topological polar surface area (TPSA) is 82.2 Å². The third kappa shape index (κ3) is 3.86. The Morgan fingerprint density at radius 1 is 1.53 bits per heavy atom. The summed E-state index contributed by atoms with van der Waals surface area (Å²) in [6.07, 6.45) is 0.456. The molecule has 0 aliphatic carbocycles. The maximum absolute atomic E-state index is 11.3. The number of amides is 1. The predicted octanol–water partition coefficient (Wildman–Crippen LogP) is 0.235. The number of nitrogens with two attached hydrogens (primary N) is 1. The van der Waals surface area contributed by atoms with Crippen molar-refractivity contribution in [3.05, 3.63) is 0 Å². The second kappa shape index (κ2) is 6.38. The zero-order valence-electron chi connectivity index (χ0n) is 9.82. The summed E-state index contributed by atoms with van der Waals surface area (Å²) in [6, 6.07) is 2.31. The van der Waals surface area contributed by atoms with Crippen LogP contribution in [0.2, 0.25) is 0 Å². The Balaban J connectivity index is 4.37. The minimum Gasteiger partial charge on any atom is -0.299 e. The quantitative estimate of drug-likeness (QED) is 0.388. The molecule has 5 nitrogen and oxygen atoms in total. The predicted molar refractivity (Wildman–Crippen MR) is 58.4 cm³/mol. The molecule has 0 aliphatic heterocycles. The molecule has 0 bridgehead atoms. The van der Waals surface area contributed by atoms with Crippen LogP contribution in [0, 0.1) is 17.2 Å². The van der Waals surface area contributed by atoms with Crippen molar-refractivity contribution in [3.63, 3.8) is 0 Å². The molecule has 0 saturated carbocycles. The number of hydrogen-bond acceptors (Lipinski definition) is 4. The van der Waals surface area contributed by atoms with Gasteiger partial charge in [0.25, 0.3) is 0 Å². The zero-order chi connectivity index (χ0) is 12.0. The van der Waals surface area contributed by atoms with Crippen LogP contribution in [0.15, 0.2) is 0 Å². The largest absolute Gasteiger partial charge is 0.299 e. The van der Waals surface area contributed by atoms with E-state index in [9.17, 15) is 4.79 Å². The van der Waals surface area contributed by atoms with Crippen molar-refractivity contribution in [1.29, 1.82) is 5.26 Å². The van der Waals surface area contributed by atoms with Crippen LogP contribution in [0.3, 0.4) is 0 Å². The molecule has 1 amide bonds. The molecule has 15 heavy (non-hydrogen) atoms. The SMILES string of the molecule is CC(C(=O)NN)C(C)N(C)C(C)CC#N. The molecule has 0 aromatic carbocycles. The van der Waals surface area contributed by atoms with Crippen LogP contribution >= 0.6 is 0 Å². The summed E-state index contributed by atoms with van der Waals surface area (Å²) in [5, 5.41) is 8.59. The lowest BCUT2D eigenvalue weighted by atomic mass is 10.00. The van der Waals surface area contributed by atoms with Gasteiger partial charge in [-0.2, -0.15) is 5.26 Å². The molecule has 3 atom stereocenters. The molecule has 0 aromatic rings. The lowest BCUT2D eigenvalue weighted by molar-refractivity contribution is -0.126. The van der Waals surface area contributed by atoms with E-state index in [0.29, 0.717) is 6.42 Å². The Kier molecular flexibility index (Phi) is 5.90. The lowest BCUT2D eigenvalue weighted by Gasteiger charge is -2.32. The Labute approximate surface area is 91.2 Å². The first-order valence-electron chi connectivity index (χ1n) is 5.05. The monoisotopic (exact) mass is 212 g/mol. The number of hydrogen-bond donors (Lipinski definition) is 2. The minimum atomic E-state index is -0.193. The van der Waals surface area contributed by atoms with Gasteiger partial charge >= 0.3 is 0 Å². The molecule has 3 N–H and O–H groups in total. The fraction of sp³-hybridized carbons (Fsp3) is 0.800. The number of nitrogens with zero attached hydrogens (tertiary/aromatic N) is 2. The maximum Gasteiger partial charge on any atom is 0.238 e. The standard InChI is InChI=1S/C10H20N4O/c1-7(5-6-11)14(4)9(3)8(2)10(15)13-12/h7-9H,5,12H2,1-4H3,(H,13,15). The summed E-state index contributed by atoms with van der Waals surface area (Å²) in [7, 11) is 1.91. The molecule has 0 spiro atoms. The summed E-state index contributed by atoms with van der Waals surface area (Å²) < 4.78 is 0. The van der Waals surface area contributed by atoms with Crippen LogP contribution < -0.4 is 11.3 Å². The van der Waals surface area contributed by atoms with Crippen molar-refractivity contribution in [2.45, 2.75) is 39.3 Å². The van der Waals surface area contributed by atoms with Crippen LogP contribution in [-0.2, 0) is 4.79 Å². The molecule has 0 heterocycles. The van der Waals surface area contributed by atoms with Crippen molar-refractivity contribution in [1.82, 2.24) is 10.3 Å². The average Bonchev–Trinajstić information content (AvgIpc) is 2.25. The van der Waals surface area contributed by atoms with Gasteiger partial charge in [-0.15, -0.1) is 0 Å². The van der Waals surface area contributed by atoms with E-state index in [4.69, 9.17) is 11.1 Å². The molecule has 0 rings (SSSR count). The first-order chi connectivity index (χ1) is 6.95. The van der Waals surface area contributed by atoms with Crippen molar-refractivity contribution < 1.29 is 4.79 Å². The Hall–Kier alpha value is -1.12. The number of hydrazine groups is 1. The summed E-state index contributed by atoms with van der Waals surface area (Å²) >= 11 is 0. The number of carbonyl (C=O) groups is 1. The highest BCUT2D eigenvalue weighted by atomic mass is 16.2. The van der Waals surface area contributed by atoms with Gasteiger partial charge in [0.2, 0.25) is 5.91 Å². The molecule has 0 aliphatic rings. The van der Waals surface area contributed by atoms with E-state index < -0.39 is 0 Å². The van der Waals surface area contributed by atoms with Crippen molar-refractivity contribution >= 4 is 5.91 Å². The molecular formula is C10H20N4O. The first-order valence-corrected chi connectivity index (χ1v) is 5.05. The van der Waals surface area contributed by atoms with Crippen LogP contribution in [0.4, 0.5) is 0 Å². The second-order valence-corrected chi connectivity index (χ2v) is 3.91. The third-order valence-corrected chi connectivity index (χ3v) is 3.00. The molecular weight excluding hydrogens is 192 g/mol. The van der Waals surface area contributed by atoms with Gasteiger partial charge in [-0.05, 0) is 20.9 Å². The summed E-state index contributed by atoms with van der Waals surface area (Å²) in [5.74, 6) is 4.70. The number of carbonyl (C=O) groups excluding carboxylic acids is 1. The van der Waals surface area contributed by atoms with Crippen molar-refractivity contribution in [2.24, 2.45) is 11.8 Å². The highest BCUT2D eigenvalue weighted by molar-refractivity contribution is 5.78. The number of rotatable bonds is 5. The van der Waals surface area contributed by atoms with Crippen molar-refractivity contribution in [3.8, 4) is 6.07 Å². The molecule has 0 saturated heterocycles. The zero-order valence-corrected chi connectivity index (χ0v) is 9.82. The van der Waals surface area contributed by atoms with Gasteiger partial charge in [-0.1, -0.05) is 6.92 Å².